The standard InChI is InChI=1S/C28H27FN4O6/c1-37-24-3-2-19-12-25(24)38-16-26(34)31-14-17-10-20(29)13-21(11-17)39-23-6-9-33(15-22(23)32-27(19)35)28(36)18-4-7-30-8-5-18/h2-5,7-8,10-13,22-23H,6,9,14-16H2,1H3,(H,31,34)(H,32,35)/t22-,23+/m0/s1. The third-order valence-electron chi connectivity index (χ3n) is 6.57. The number of rotatable bonds is 2. The molecule has 0 saturated carbocycles. The first-order valence-electron chi connectivity index (χ1n) is 12.4. The normalized spacial score (nSPS) is 19.5. The number of nitrogens with one attached hydrogen (secondary N) is 2. The molecule has 1 aromatic heterocycles. The fourth-order valence-electron chi connectivity index (χ4n) is 4.61. The van der Waals surface area contributed by atoms with Crippen molar-refractivity contribution in [2.24, 2.45) is 0 Å². The number of fused-ring (bicyclic) bond motifs is 5. The summed E-state index contributed by atoms with van der Waals surface area (Å²) in [4.78, 5) is 44.5. The zero-order valence-corrected chi connectivity index (χ0v) is 21.2. The van der Waals surface area contributed by atoms with Crippen LogP contribution in [-0.4, -0.2) is 66.6 Å². The lowest BCUT2D eigenvalue weighted by molar-refractivity contribution is -0.123. The van der Waals surface area contributed by atoms with E-state index in [0.717, 1.165) is 0 Å². The van der Waals surface area contributed by atoms with Gasteiger partial charge in [-0.1, -0.05) is 0 Å². The molecule has 0 aliphatic carbocycles. The van der Waals surface area contributed by atoms with E-state index in [9.17, 15) is 18.8 Å². The number of amides is 3. The van der Waals surface area contributed by atoms with E-state index < -0.39 is 29.8 Å². The molecule has 4 bridgehead atoms. The summed E-state index contributed by atoms with van der Waals surface area (Å²) in [6.45, 7) is 0.273. The Morgan fingerprint density at radius 1 is 1.13 bits per heavy atom. The van der Waals surface area contributed by atoms with E-state index in [1.54, 1.807) is 47.6 Å². The fraction of sp³-hybridized carbons (Fsp3) is 0.286. The Kier molecular flexibility index (Phi) is 7.57. The van der Waals surface area contributed by atoms with Gasteiger partial charge < -0.3 is 29.7 Å². The van der Waals surface area contributed by atoms with Gasteiger partial charge in [-0.2, -0.15) is 0 Å². The number of likely N-dealkylation sites (tertiary alicyclic amines) is 1. The second kappa shape index (κ2) is 11.4. The second-order valence-corrected chi connectivity index (χ2v) is 9.24. The molecular formula is C28H27FN4O6. The van der Waals surface area contributed by atoms with Gasteiger partial charge in [-0.3, -0.25) is 19.4 Å². The molecule has 5 rings (SSSR count). The first kappa shape index (κ1) is 26.0. The highest BCUT2D eigenvalue weighted by atomic mass is 19.1. The molecule has 0 radical (unpaired) electrons. The molecule has 0 unspecified atom stereocenters. The van der Waals surface area contributed by atoms with Crippen molar-refractivity contribution in [2.45, 2.75) is 25.1 Å². The van der Waals surface area contributed by atoms with Gasteiger partial charge in [0.25, 0.3) is 17.7 Å². The summed E-state index contributed by atoms with van der Waals surface area (Å²) in [5.41, 5.74) is 1.25. The number of ether oxygens (including phenoxy) is 3. The number of halogens is 1. The van der Waals surface area contributed by atoms with Crippen LogP contribution in [0.2, 0.25) is 0 Å². The summed E-state index contributed by atoms with van der Waals surface area (Å²) in [6, 6.07) is 11.5. The Morgan fingerprint density at radius 2 is 1.95 bits per heavy atom. The highest BCUT2D eigenvalue weighted by molar-refractivity contribution is 5.96. The number of carbonyl (C=O) groups is 3. The largest absolute Gasteiger partial charge is 0.493 e. The lowest BCUT2D eigenvalue weighted by Crippen LogP contribution is -2.58. The van der Waals surface area contributed by atoms with Crippen molar-refractivity contribution >= 4 is 17.7 Å². The van der Waals surface area contributed by atoms with Crippen LogP contribution in [0.5, 0.6) is 17.2 Å². The molecule has 2 atom stereocenters. The zero-order valence-electron chi connectivity index (χ0n) is 21.2. The van der Waals surface area contributed by atoms with Gasteiger partial charge in [0.1, 0.15) is 17.7 Å². The van der Waals surface area contributed by atoms with Crippen LogP contribution in [-0.2, 0) is 11.3 Å². The quantitative estimate of drug-likeness (QED) is 0.518. The molecule has 0 spiro atoms. The van der Waals surface area contributed by atoms with Gasteiger partial charge in [-0.15, -0.1) is 0 Å². The van der Waals surface area contributed by atoms with Crippen molar-refractivity contribution in [1.82, 2.24) is 20.5 Å². The number of pyridine rings is 1. The highest BCUT2D eigenvalue weighted by Crippen LogP contribution is 2.29. The van der Waals surface area contributed by atoms with Gasteiger partial charge in [-0.05, 0) is 48.0 Å². The van der Waals surface area contributed by atoms with Crippen molar-refractivity contribution in [3.63, 3.8) is 0 Å². The number of carbonyl (C=O) groups excluding carboxylic acids is 3. The molecule has 1 saturated heterocycles. The predicted molar refractivity (Wildman–Crippen MR) is 137 cm³/mol. The van der Waals surface area contributed by atoms with E-state index >= 15 is 0 Å². The summed E-state index contributed by atoms with van der Waals surface area (Å²) in [5.74, 6) is -0.768. The topological polar surface area (TPSA) is 119 Å². The summed E-state index contributed by atoms with van der Waals surface area (Å²) < 4.78 is 31.6. The average Bonchev–Trinajstić information content (AvgIpc) is 2.95. The minimum absolute atomic E-state index is 0.0620. The SMILES string of the molecule is COc1ccc2cc1OCC(=O)NCc1cc(F)cc(c1)O[C@@H]1CCN(C(=O)c3ccncc3)C[C@@H]1NC2=O. The third kappa shape index (κ3) is 6.08. The van der Waals surface area contributed by atoms with E-state index in [2.05, 4.69) is 15.6 Å². The average molecular weight is 535 g/mol. The molecular weight excluding hydrogens is 507 g/mol. The van der Waals surface area contributed by atoms with E-state index in [1.165, 1.54) is 25.3 Å². The summed E-state index contributed by atoms with van der Waals surface area (Å²) in [7, 11) is 1.45. The Hall–Kier alpha value is -4.67. The van der Waals surface area contributed by atoms with Gasteiger partial charge in [0.2, 0.25) is 0 Å². The molecule has 2 aromatic carbocycles. The number of piperidine rings is 1. The monoisotopic (exact) mass is 534 g/mol. The smallest absolute Gasteiger partial charge is 0.258 e. The number of hydrogen-bond acceptors (Lipinski definition) is 7. The molecule has 202 valence electrons. The molecule has 3 amide bonds. The Bertz CT molecular complexity index is 1390. The van der Waals surface area contributed by atoms with Crippen LogP contribution in [0.15, 0.2) is 60.9 Å². The summed E-state index contributed by atoms with van der Waals surface area (Å²) in [6.07, 6.45) is 2.93. The molecule has 11 heteroatoms. The predicted octanol–water partition coefficient (Wildman–Crippen LogP) is 2.33. The minimum Gasteiger partial charge on any atom is -0.493 e. The Labute approximate surface area is 224 Å². The van der Waals surface area contributed by atoms with Crippen molar-refractivity contribution in [3.05, 3.63) is 83.4 Å². The number of aromatic nitrogens is 1. The van der Waals surface area contributed by atoms with Crippen molar-refractivity contribution in [1.29, 1.82) is 0 Å². The molecule has 10 nitrogen and oxygen atoms in total. The van der Waals surface area contributed by atoms with Gasteiger partial charge in [0.05, 0.1) is 13.2 Å². The molecule has 2 aliphatic rings. The van der Waals surface area contributed by atoms with E-state index in [0.29, 0.717) is 29.8 Å². The van der Waals surface area contributed by atoms with Gasteiger partial charge >= 0.3 is 0 Å². The van der Waals surface area contributed by atoms with Crippen molar-refractivity contribution in [3.8, 4) is 17.2 Å². The molecule has 3 aromatic rings. The number of benzene rings is 2. The third-order valence-corrected chi connectivity index (χ3v) is 6.57. The molecule has 2 N–H and O–H groups in total. The van der Waals surface area contributed by atoms with Crippen LogP contribution in [0.1, 0.15) is 32.7 Å². The maximum atomic E-state index is 14.4. The minimum atomic E-state index is -0.608. The van der Waals surface area contributed by atoms with Gasteiger partial charge in [0.15, 0.2) is 18.1 Å². The van der Waals surface area contributed by atoms with Crippen LogP contribution in [0.3, 0.4) is 0 Å². The zero-order chi connectivity index (χ0) is 27.4. The Morgan fingerprint density at radius 3 is 2.74 bits per heavy atom. The maximum absolute atomic E-state index is 14.4. The van der Waals surface area contributed by atoms with Crippen LogP contribution >= 0.6 is 0 Å². The fourth-order valence-corrected chi connectivity index (χ4v) is 4.61. The first-order chi connectivity index (χ1) is 18.9. The van der Waals surface area contributed by atoms with Crippen molar-refractivity contribution < 1.29 is 33.0 Å². The summed E-state index contributed by atoms with van der Waals surface area (Å²) in [5, 5.41) is 5.66. The van der Waals surface area contributed by atoms with Gasteiger partial charge in [0, 0.05) is 55.6 Å². The summed E-state index contributed by atoms with van der Waals surface area (Å²) >= 11 is 0. The Balaban J connectivity index is 1.47. The van der Waals surface area contributed by atoms with Crippen LogP contribution in [0, 0.1) is 5.82 Å². The number of hydrogen-bond donors (Lipinski definition) is 2. The van der Waals surface area contributed by atoms with E-state index in [1.807, 2.05) is 0 Å². The van der Waals surface area contributed by atoms with Crippen LogP contribution in [0.4, 0.5) is 4.39 Å². The lowest BCUT2D eigenvalue weighted by atomic mass is 10.00. The lowest BCUT2D eigenvalue weighted by Gasteiger charge is -2.39. The molecule has 1 fully saturated rings. The second-order valence-electron chi connectivity index (χ2n) is 9.24. The molecule has 2 aliphatic heterocycles. The first-order valence-corrected chi connectivity index (χ1v) is 12.4. The molecule has 39 heavy (non-hydrogen) atoms. The van der Waals surface area contributed by atoms with Crippen LogP contribution < -0.4 is 24.8 Å². The molecule has 3 heterocycles. The number of nitrogens with zero attached hydrogens (tertiary/aromatic N) is 2. The maximum Gasteiger partial charge on any atom is 0.258 e. The van der Waals surface area contributed by atoms with Crippen molar-refractivity contribution in [2.75, 3.05) is 26.8 Å². The van der Waals surface area contributed by atoms with Crippen LogP contribution in [0.25, 0.3) is 0 Å². The van der Waals surface area contributed by atoms with E-state index in [4.69, 9.17) is 14.2 Å². The highest BCUT2D eigenvalue weighted by Gasteiger charge is 2.35. The van der Waals surface area contributed by atoms with Gasteiger partial charge in [-0.25, -0.2) is 4.39 Å². The number of methoxy groups -OCH3 is 1. The van der Waals surface area contributed by atoms with E-state index in [-0.39, 0.29) is 42.7 Å².